The Kier molecular flexibility index (Phi) is 4.01. The molecule has 0 radical (unpaired) electrons. The average molecular weight is 292 g/mol. The Bertz CT molecular complexity index is 370. The predicted molar refractivity (Wildman–Crippen MR) is 85.3 cm³/mol. The number of hydrogen-bond donors (Lipinski definition) is 2. The van der Waals surface area contributed by atoms with Crippen LogP contribution in [0.15, 0.2) is 0 Å². The minimum Gasteiger partial charge on any atom is -0.394 e. The summed E-state index contributed by atoms with van der Waals surface area (Å²) in [5.74, 6) is 2.01. The average Bonchev–Trinajstić information content (AvgIpc) is 3.24. The van der Waals surface area contributed by atoms with Crippen molar-refractivity contribution in [3.05, 3.63) is 0 Å². The Morgan fingerprint density at radius 2 is 1.81 bits per heavy atom. The number of piperidine rings is 1. The molecular formula is C18H32N2O. The van der Waals surface area contributed by atoms with Crippen molar-refractivity contribution in [2.45, 2.75) is 81.8 Å². The number of fused-ring (bicyclic) bond motifs is 1. The molecule has 4 aliphatic rings. The van der Waals surface area contributed by atoms with Crippen molar-refractivity contribution in [3.63, 3.8) is 0 Å². The zero-order valence-corrected chi connectivity index (χ0v) is 13.4. The van der Waals surface area contributed by atoms with Crippen LogP contribution in [0.3, 0.4) is 0 Å². The molecule has 3 nitrogen and oxygen atoms in total. The lowest BCUT2D eigenvalue weighted by Gasteiger charge is -2.44. The van der Waals surface area contributed by atoms with E-state index < -0.39 is 0 Å². The molecule has 4 atom stereocenters. The Labute approximate surface area is 129 Å². The lowest BCUT2D eigenvalue weighted by Crippen LogP contribution is -2.51. The van der Waals surface area contributed by atoms with Crippen molar-refractivity contribution < 1.29 is 5.11 Å². The number of nitrogens with zero attached hydrogens (tertiary/aromatic N) is 1. The molecular weight excluding hydrogens is 260 g/mol. The molecule has 1 aliphatic heterocycles. The highest BCUT2D eigenvalue weighted by atomic mass is 16.3. The van der Waals surface area contributed by atoms with Gasteiger partial charge in [0, 0.05) is 24.2 Å². The Morgan fingerprint density at radius 1 is 1.00 bits per heavy atom. The molecule has 4 rings (SSSR count). The number of likely N-dealkylation sites (tertiary alicyclic amines) is 1. The molecule has 0 aromatic rings. The zero-order valence-electron chi connectivity index (χ0n) is 13.4. The van der Waals surface area contributed by atoms with Gasteiger partial charge in [-0.1, -0.05) is 19.3 Å². The molecule has 1 saturated heterocycles. The molecule has 4 unspecified atom stereocenters. The van der Waals surface area contributed by atoms with Crippen LogP contribution < -0.4 is 5.32 Å². The van der Waals surface area contributed by atoms with E-state index >= 15 is 0 Å². The summed E-state index contributed by atoms with van der Waals surface area (Å²) >= 11 is 0. The van der Waals surface area contributed by atoms with E-state index in [1.165, 1.54) is 77.3 Å². The second kappa shape index (κ2) is 5.82. The fourth-order valence-electron chi connectivity index (χ4n) is 5.35. The van der Waals surface area contributed by atoms with E-state index in [1.54, 1.807) is 0 Å². The van der Waals surface area contributed by atoms with Crippen molar-refractivity contribution in [3.8, 4) is 0 Å². The normalized spacial score (nSPS) is 44.7. The van der Waals surface area contributed by atoms with E-state index in [1.807, 2.05) is 0 Å². The van der Waals surface area contributed by atoms with Gasteiger partial charge in [0.05, 0.1) is 6.61 Å². The zero-order chi connectivity index (χ0) is 14.3. The maximum Gasteiger partial charge on any atom is 0.0614 e. The summed E-state index contributed by atoms with van der Waals surface area (Å²) in [5.41, 5.74) is 0.0508. The summed E-state index contributed by atoms with van der Waals surface area (Å²) in [7, 11) is 0. The van der Waals surface area contributed by atoms with Gasteiger partial charge in [-0.25, -0.2) is 0 Å². The molecule has 3 heteroatoms. The fourth-order valence-corrected chi connectivity index (χ4v) is 5.35. The molecule has 3 aliphatic carbocycles. The van der Waals surface area contributed by atoms with Crippen LogP contribution >= 0.6 is 0 Å². The highest BCUT2D eigenvalue weighted by Crippen LogP contribution is 2.41. The Morgan fingerprint density at radius 3 is 2.57 bits per heavy atom. The van der Waals surface area contributed by atoms with Gasteiger partial charge in [0.15, 0.2) is 0 Å². The number of aliphatic hydroxyl groups is 1. The third-order valence-electron chi connectivity index (χ3n) is 6.81. The Balaban J connectivity index is 1.36. The number of aliphatic hydroxyl groups excluding tert-OH is 1. The number of hydrogen-bond acceptors (Lipinski definition) is 3. The van der Waals surface area contributed by atoms with Crippen molar-refractivity contribution in [1.29, 1.82) is 0 Å². The van der Waals surface area contributed by atoms with E-state index in [2.05, 4.69) is 10.2 Å². The summed E-state index contributed by atoms with van der Waals surface area (Å²) in [6.45, 7) is 3.00. The predicted octanol–water partition coefficient (Wildman–Crippen LogP) is 2.53. The minimum absolute atomic E-state index is 0.0508. The van der Waals surface area contributed by atoms with E-state index in [0.29, 0.717) is 12.6 Å². The second-order valence-corrected chi connectivity index (χ2v) is 8.34. The van der Waals surface area contributed by atoms with Crippen LogP contribution in [0.25, 0.3) is 0 Å². The highest BCUT2D eigenvalue weighted by molar-refractivity contribution is 5.03. The maximum absolute atomic E-state index is 9.92. The first-order valence-electron chi connectivity index (χ1n) is 9.41. The van der Waals surface area contributed by atoms with Gasteiger partial charge < -0.3 is 15.3 Å². The third kappa shape index (κ3) is 3.02. The first kappa shape index (κ1) is 14.5. The summed E-state index contributed by atoms with van der Waals surface area (Å²) in [4.78, 5) is 2.79. The topological polar surface area (TPSA) is 35.5 Å². The molecule has 0 spiro atoms. The molecule has 0 aromatic heterocycles. The minimum atomic E-state index is 0.0508. The lowest BCUT2D eigenvalue weighted by atomic mass is 9.75. The lowest BCUT2D eigenvalue weighted by molar-refractivity contribution is 0.0529. The molecule has 0 aromatic carbocycles. The maximum atomic E-state index is 9.92. The summed E-state index contributed by atoms with van der Waals surface area (Å²) < 4.78 is 0. The Hall–Kier alpha value is -0.120. The molecule has 0 amide bonds. The van der Waals surface area contributed by atoms with Gasteiger partial charge in [-0.3, -0.25) is 0 Å². The second-order valence-electron chi connectivity index (χ2n) is 8.34. The number of rotatable bonds is 4. The van der Waals surface area contributed by atoms with E-state index in [9.17, 15) is 5.11 Å². The summed E-state index contributed by atoms with van der Waals surface area (Å²) in [5, 5.41) is 13.7. The van der Waals surface area contributed by atoms with Crippen LogP contribution in [0.4, 0.5) is 0 Å². The molecule has 21 heavy (non-hydrogen) atoms. The third-order valence-corrected chi connectivity index (χ3v) is 6.81. The van der Waals surface area contributed by atoms with Crippen LogP contribution in [0.1, 0.15) is 64.2 Å². The van der Waals surface area contributed by atoms with Gasteiger partial charge in [-0.2, -0.15) is 0 Å². The molecule has 1 heterocycles. The standard InChI is InChI=1S/C18H32N2O/c21-13-18(19-16-5-6-16)9-7-17(11-18)20-10-8-14-3-1-2-4-15(14)12-20/h14-17,19,21H,1-13H2. The SMILES string of the molecule is OCC1(NC2CC2)CCC(N2CCC3CCCCC3C2)C1. The van der Waals surface area contributed by atoms with Crippen molar-refractivity contribution >= 4 is 0 Å². The van der Waals surface area contributed by atoms with Crippen LogP contribution in [0.5, 0.6) is 0 Å². The van der Waals surface area contributed by atoms with Crippen LogP contribution in [-0.2, 0) is 0 Å². The van der Waals surface area contributed by atoms with Crippen LogP contribution in [0, 0.1) is 11.8 Å². The highest BCUT2D eigenvalue weighted by Gasteiger charge is 2.45. The smallest absolute Gasteiger partial charge is 0.0614 e. The van der Waals surface area contributed by atoms with Crippen molar-refractivity contribution in [2.24, 2.45) is 11.8 Å². The number of nitrogens with one attached hydrogen (secondary N) is 1. The fraction of sp³-hybridized carbons (Fsp3) is 1.00. The molecule has 0 bridgehead atoms. The summed E-state index contributed by atoms with van der Waals surface area (Å²) in [6.07, 6.45) is 13.6. The van der Waals surface area contributed by atoms with Crippen molar-refractivity contribution in [2.75, 3.05) is 19.7 Å². The monoisotopic (exact) mass is 292 g/mol. The van der Waals surface area contributed by atoms with E-state index in [0.717, 1.165) is 17.9 Å². The van der Waals surface area contributed by atoms with Gasteiger partial charge in [-0.15, -0.1) is 0 Å². The van der Waals surface area contributed by atoms with Gasteiger partial charge in [0.25, 0.3) is 0 Å². The van der Waals surface area contributed by atoms with E-state index in [-0.39, 0.29) is 5.54 Å². The van der Waals surface area contributed by atoms with E-state index in [4.69, 9.17) is 0 Å². The summed E-state index contributed by atoms with van der Waals surface area (Å²) in [6, 6.07) is 1.44. The van der Waals surface area contributed by atoms with Crippen LogP contribution in [-0.4, -0.2) is 47.3 Å². The van der Waals surface area contributed by atoms with Gasteiger partial charge in [0.1, 0.15) is 0 Å². The van der Waals surface area contributed by atoms with Gasteiger partial charge in [-0.05, 0) is 63.3 Å². The molecule has 2 N–H and O–H groups in total. The van der Waals surface area contributed by atoms with Crippen LogP contribution in [0.2, 0.25) is 0 Å². The first-order chi connectivity index (χ1) is 10.3. The largest absolute Gasteiger partial charge is 0.394 e. The molecule has 4 fully saturated rings. The quantitative estimate of drug-likeness (QED) is 0.836. The van der Waals surface area contributed by atoms with Crippen molar-refractivity contribution in [1.82, 2.24) is 10.2 Å². The molecule has 3 saturated carbocycles. The molecule has 120 valence electrons. The van der Waals surface area contributed by atoms with Gasteiger partial charge in [0.2, 0.25) is 0 Å². The van der Waals surface area contributed by atoms with Gasteiger partial charge >= 0.3 is 0 Å². The first-order valence-corrected chi connectivity index (χ1v) is 9.41.